The first-order chi connectivity index (χ1) is 11.0. The van der Waals surface area contributed by atoms with E-state index in [1.807, 2.05) is 19.9 Å². The van der Waals surface area contributed by atoms with Crippen LogP contribution in [0.25, 0.3) is 22.0 Å². The van der Waals surface area contributed by atoms with E-state index in [-0.39, 0.29) is 17.3 Å². The SMILES string of the molecule is CC(C)C(=O)c1cc2c(-c3ccc(C(=O)O)cc3)cncc2[nH]1. The zero-order chi connectivity index (χ0) is 16.6. The van der Waals surface area contributed by atoms with E-state index in [4.69, 9.17) is 5.11 Å². The lowest BCUT2D eigenvalue weighted by atomic mass is 10.0. The number of carboxylic acids is 1. The van der Waals surface area contributed by atoms with Crippen molar-refractivity contribution in [3.8, 4) is 11.1 Å². The van der Waals surface area contributed by atoms with Crippen LogP contribution in [0, 0.1) is 5.92 Å². The molecule has 116 valence electrons. The minimum atomic E-state index is -0.959. The Morgan fingerprint density at radius 1 is 1.13 bits per heavy atom. The molecule has 0 aliphatic heterocycles. The molecule has 3 aromatic rings. The first-order valence-corrected chi connectivity index (χ1v) is 7.32. The van der Waals surface area contributed by atoms with Crippen molar-refractivity contribution >= 4 is 22.7 Å². The van der Waals surface area contributed by atoms with Crippen LogP contribution >= 0.6 is 0 Å². The Labute approximate surface area is 133 Å². The molecule has 2 heterocycles. The number of pyridine rings is 1. The average Bonchev–Trinajstić information content (AvgIpc) is 2.98. The number of carbonyl (C=O) groups is 2. The molecule has 3 rings (SSSR count). The van der Waals surface area contributed by atoms with Gasteiger partial charge in [0.05, 0.1) is 23.0 Å². The van der Waals surface area contributed by atoms with Gasteiger partial charge in [-0.15, -0.1) is 0 Å². The summed E-state index contributed by atoms with van der Waals surface area (Å²) in [5.74, 6) is -0.998. The fraction of sp³-hybridized carbons (Fsp3) is 0.167. The number of carboxylic acid groups (broad SMARTS) is 1. The second-order valence-corrected chi connectivity index (χ2v) is 5.73. The molecule has 0 saturated heterocycles. The number of nitrogens with zero attached hydrogens (tertiary/aromatic N) is 1. The quantitative estimate of drug-likeness (QED) is 0.719. The molecule has 0 saturated carbocycles. The molecule has 1 aromatic carbocycles. The molecular formula is C18H16N2O3. The third-order valence-corrected chi connectivity index (χ3v) is 3.78. The fourth-order valence-electron chi connectivity index (χ4n) is 2.52. The summed E-state index contributed by atoms with van der Waals surface area (Å²) in [7, 11) is 0. The lowest BCUT2D eigenvalue weighted by molar-refractivity contribution is 0.0696. The van der Waals surface area contributed by atoms with Crippen molar-refractivity contribution in [2.75, 3.05) is 0 Å². The number of hydrogen-bond donors (Lipinski definition) is 2. The van der Waals surface area contributed by atoms with Crippen LogP contribution in [0.5, 0.6) is 0 Å². The molecule has 5 heteroatoms. The highest BCUT2D eigenvalue weighted by molar-refractivity contribution is 6.04. The van der Waals surface area contributed by atoms with Crippen molar-refractivity contribution in [2.24, 2.45) is 5.92 Å². The predicted octanol–water partition coefficient (Wildman–Crippen LogP) is 3.77. The maximum atomic E-state index is 12.2. The number of fused-ring (bicyclic) bond motifs is 1. The molecular weight excluding hydrogens is 292 g/mol. The van der Waals surface area contributed by atoms with E-state index >= 15 is 0 Å². The zero-order valence-corrected chi connectivity index (χ0v) is 12.8. The standard InChI is InChI=1S/C18H16N2O3/c1-10(2)17(21)15-7-13-14(8-19-9-16(13)20-15)11-3-5-12(6-4-11)18(22)23/h3-10,20H,1-2H3,(H,22,23). The van der Waals surface area contributed by atoms with Crippen molar-refractivity contribution in [1.29, 1.82) is 0 Å². The molecule has 0 fully saturated rings. The van der Waals surface area contributed by atoms with E-state index in [2.05, 4.69) is 9.97 Å². The maximum absolute atomic E-state index is 12.2. The van der Waals surface area contributed by atoms with Gasteiger partial charge in [-0.3, -0.25) is 9.78 Å². The van der Waals surface area contributed by atoms with Crippen molar-refractivity contribution in [1.82, 2.24) is 9.97 Å². The summed E-state index contributed by atoms with van der Waals surface area (Å²) in [6.45, 7) is 3.72. The van der Waals surface area contributed by atoms with Crippen molar-refractivity contribution < 1.29 is 14.7 Å². The number of nitrogens with one attached hydrogen (secondary N) is 1. The van der Waals surface area contributed by atoms with Gasteiger partial charge < -0.3 is 10.1 Å². The number of ketones is 1. The molecule has 5 nitrogen and oxygen atoms in total. The molecule has 0 spiro atoms. The Balaban J connectivity index is 2.10. The van der Waals surface area contributed by atoms with Crippen molar-refractivity contribution in [3.63, 3.8) is 0 Å². The first-order valence-electron chi connectivity index (χ1n) is 7.32. The van der Waals surface area contributed by atoms with E-state index in [1.165, 1.54) is 0 Å². The van der Waals surface area contributed by atoms with Crippen LogP contribution in [0.4, 0.5) is 0 Å². The Hall–Kier alpha value is -2.95. The van der Waals surface area contributed by atoms with Crippen molar-refractivity contribution in [3.05, 3.63) is 54.0 Å². The third kappa shape index (κ3) is 2.73. The summed E-state index contributed by atoms with van der Waals surface area (Å²) in [6.07, 6.45) is 3.40. The van der Waals surface area contributed by atoms with E-state index in [9.17, 15) is 9.59 Å². The number of rotatable bonds is 4. The highest BCUT2D eigenvalue weighted by atomic mass is 16.4. The van der Waals surface area contributed by atoms with E-state index in [0.29, 0.717) is 5.69 Å². The molecule has 0 unspecified atom stereocenters. The highest BCUT2D eigenvalue weighted by Gasteiger charge is 2.15. The van der Waals surface area contributed by atoms with Crippen LogP contribution in [-0.4, -0.2) is 26.8 Å². The largest absolute Gasteiger partial charge is 0.478 e. The van der Waals surface area contributed by atoms with E-state index in [0.717, 1.165) is 22.0 Å². The molecule has 2 aromatic heterocycles. The van der Waals surface area contributed by atoms with Crippen LogP contribution in [-0.2, 0) is 0 Å². The summed E-state index contributed by atoms with van der Waals surface area (Å²) < 4.78 is 0. The van der Waals surface area contributed by atoms with E-state index < -0.39 is 5.97 Å². The average molecular weight is 308 g/mol. The molecule has 0 amide bonds. The maximum Gasteiger partial charge on any atom is 0.335 e. The predicted molar refractivity (Wildman–Crippen MR) is 87.7 cm³/mol. The molecule has 0 radical (unpaired) electrons. The number of aromatic nitrogens is 2. The molecule has 0 atom stereocenters. The van der Waals surface area contributed by atoms with Gasteiger partial charge in [0.1, 0.15) is 0 Å². The lowest BCUT2D eigenvalue weighted by Gasteiger charge is -2.03. The number of Topliss-reactive ketones (excluding diaryl/α,β-unsaturated/α-hetero) is 1. The third-order valence-electron chi connectivity index (χ3n) is 3.78. The van der Waals surface area contributed by atoms with Gasteiger partial charge in [0, 0.05) is 23.1 Å². The number of aromatic carboxylic acids is 1. The number of H-pyrrole nitrogens is 1. The van der Waals surface area contributed by atoms with Crippen LogP contribution in [0.15, 0.2) is 42.7 Å². The summed E-state index contributed by atoms with van der Waals surface area (Å²) in [5.41, 5.74) is 3.30. The Kier molecular flexibility index (Phi) is 3.70. The van der Waals surface area contributed by atoms with Gasteiger partial charge in [-0.25, -0.2) is 4.79 Å². The molecule has 0 aliphatic carbocycles. The molecule has 2 N–H and O–H groups in total. The molecule has 0 aliphatic rings. The highest BCUT2D eigenvalue weighted by Crippen LogP contribution is 2.29. The smallest absolute Gasteiger partial charge is 0.335 e. The van der Waals surface area contributed by atoms with Crippen LogP contribution in [0.1, 0.15) is 34.7 Å². The molecule has 23 heavy (non-hydrogen) atoms. The number of hydrogen-bond acceptors (Lipinski definition) is 3. The summed E-state index contributed by atoms with van der Waals surface area (Å²) in [5, 5.41) is 9.88. The Morgan fingerprint density at radius 3 is 2.43 bits per heavy atom. The van der Waals surface area contributed by atoms with Gasteiger partial charge in [0.15, 0.2) is 5.78 Å². The van der Waals surface area contributed by atoms with Crippen LogP contribution in [0.3, 0.4) is 0 Å². The number of carbonyl (C=O) groups excluding carboxylic acids is 1. The minimum absolute atomic E-state index is 0.0494. The summed E-state index contributed by atoms with van der Waals surface area (Å²) >= 11 is 0. The normalized spacial score (nSPS) is 11.1. The van der Waals surface area contributed by atoms with Gasteiger partial charge in [-0.05, 0) is 23.8 Å². The lowest BCUT2D eigenvalue weighted by Crippen LogP contribution is -2.07. The van der Waals surface area contributed by atoms with Gasteiger partial charge in [0.2, 0.25) is 0 Å². The van der Waals surface area contributed by atoms with Crippen LogP contribution in [0.2, 0.25) is 0 Å². The zero-order valence-electron chi connectivity index (χ0n) is 12.8. The monoisotopic (exact) mass is 308 g/mol. The van der Waals surface area contributed by atoms with Crippen LogP contribution < -0.4 is 0 Å². The molecule has 0 bridgehead atoms. The topological polar surface area (TPSA) is 83.1 Å². The Morgan fingerprint density at radius 2 is 1.83 bits per heavy atom. The summed E-state index contributed by atoms with van der Waals surface area (Å²) in [6, 6.07) is 8.44. The number of benzene rings is 1. The minimum Gasteiger partial charge on any atom is -0.478 e. The van der Waals surface area contributed by atoms with Gasteiger partial charge in [0.25, 0.3) is 0 Å². The van der Waals surface area contributed by atoms with Crippen molar-refractivity contribution in [2.45, 2.75) is 13.8 Å². The first kappa shape index (κ1) is 15.0. The van der Waals surface area contributed by atoms with Gasteiger partial charge in [-0.1, -0.05) is 26.0 Å². The second-order valence-electron chi connectivity index (χ2n) is 5.73. The second kappa shape index (κ2) is 5.68. The van der Waals surface area contributed by atoms with Gasteiger partial charge in [-0.2, -0.15) is 0 Å². The summed E-state index contributed by atoms with van der Waals surface area (Å²) in [4.78, 5) is 30.4. The number of aromatic amines is 1. The fourth-order valence-corrected chi connectivity index (χ4v) is 2.52. The van der Waals surface area contributed by atoms with Gasteiger partial charge >= 0.3 is 5.97 Å². The Bertz CT molecular complexity index is 892. The van der Waals surface area contributed by atoms with E-state index in [1.54, 1.807) is 36.7 Å².